The lowest BCUT2D eigenvalue weighted by Gasteiger charge is -2.23. The Morgan fingerprint density at radius 1 is 1.00 bits per heavy atom. The molecule has 10 heteroatoms. The number of halogens is 2. The van der Waals surface area contributed by atoms with Crippen molar-refractivity contribution in [1.82, 2.24) is 9.55 Å². The maximum atomic E-state index is 12.9. The summed E-state index contributed by atoms with van der Waals surface area (Å²) >= 11 is 12.7. The second-order valence-corrected chi connectivity index (χ2v) is 10.5. The minimum atomic E-state index is -3.56. The number of nitrogens with one attached hydrogen (secondary N) is 1. The Morgan fingerprint density at radius 3 is 2.43 bits per heavy atom. The van der Waals surface area contributed by atoms with E-state index in [4.69, 9.17) is 23.2 Å². The average Bonchev–Trinajstić information content (AvgIpc) is 3.34. The van der Waals surface area contributed by atoms with Gasteiger partial charge in [-0.25, -0.2) is 8.42 Å². The molecule has 0 atom stereocenters. The van der Waals surface area contributed by atoms with Gasteiger partial charge in [0.2, 0.25) is 10.0 Å². The average molecular weight is 529 g/mol. The van der Waals surface area contributed by atoms with Crippen LogP contribution in [0, 0.1) is 0 Å². The fourth-order valence-corrected chi connectivity index (χ4v) is 4.96. The Labute approximate surface area is 214 Å². The summed E-state index contributed by atoms with van der Waals surface area (Å²) in [6.45, 7) is 0.686. The Kier molecular flexibility index (Phi) is 7.45. The molecule has 0 aliphatic carbocycles. The molecule has 2 aromatic heterocycles. The Hall–Kier alpha value is -3.33. The predicted octanol–water partition coefficient (Wildman–Crippen LogP) is 5.58. The molecule has 2 aromatic carbocycles. The lowest BCUT2D eigenvalue weighted by atomic mass is 10.1. The number of carbonyl (C=O) groups is 1. The summed E-state index contributed by atoms with van der Waals surface area (Å²) in [5.74, 6) is -0.436. The van der Waals surface area contributed by atoms with Gasteiger partial charge in [-0.3, -0.25) is 14.1 Å². The van der Waals surface area contributed by atoms with Crippen molar-refractivity contribution < 1.29 is 13.2 Å². The first kappa shape index (κ1) is 24.8. The molecular weight excluding hydrogens is 507 g/mol. The van der Waals surface area contributed by atoms with E-state index in [1.54, 1.807) is 36.5 Å². The van der Waals surface area contributed by atoms with Gasteiger partial charge in [0.25, 0.3) is 5.91 Å². The van der Waals surface area contributed by atoms with Gasteiger partial charge in [0, 0.05) is 36.4 Å². The molecule has 1 amide bonds. The van der Waals surface area contributed by atoms with Crippen molar-refractivity contribution in [3.63, 3.8) is 0 Å². The summed E-state index contributed by atoms with van der Waals surface area (Å²) in [5.41, 5.74) is 2.47. The zero-order valence-corrected chi connectivity index (χ0v) is 21.1. The maximum Gasteiger partial charge on any atom is 0.257 e. The number of anilines is 2. The first-order valence-electron chi connectivity index (χ1n) is 10.6. The van der Waals surface area contributed by atoms with Crippen molar-refractivity contribution in [2.45, 2.75) is 6.54 Å². The van der Waals surface area contributed by atoms with Gasteiger partial charge in [0.15, 0.2) is 0 Å². The van der Waals surface area contributed by atoms with Crippen LogP contribution >= 0.6 is 23.2 Å². The van der Waals surface area contributed by atoms with Crippen LogP contribution < -0.4 is 9.62 Å². The smallest absolute Gasteiger partial charge is 0.257 e. The summed E-state index contributed by atoms with van der Waals surface area (Å²) in [6.07, 6.45) is 6.52. The van der Waals surface area contributed by atoms with Crippen molar-refractivity contribution >= 4 is 50.5 Å². The van der Waals surface area contributed by atoms with Crippen LogP contribution in [0.5, 0.6) is 0 Å². The SMILES string of the molecule is CS(=O)(=O)N(CCn1cccc1)c1ccc(C(=O)Nc2ccc(Cl)c(-c3ccccn3)c2)c(Cl)c1. The van der Waals surface area contributed by atoms with E-state index in [0.29, 0.717) is 34.2 Å². The normalized spacial score (nSPS) is 11.3. The highest BCUT2D eigenvalue weighted by molar-refractivity contribution is 7.92. The van der Waals surface area contributed by atoms with E-state index in [2.05, 4.69) is 10.3 Å². The lowest BCUT2D eigenvalue weighted by molar-refractivity contribution is 0.102. The molecule has 1 N–H and O–H groups in total. The van der Waals surface area contributed by atoms with Crippen LogP contribution in [0.25, 0.3) is 11.3 Å². The predicted molar refractivity (Wildman–Crippen MR) is 141 cm³/mol. The Bertz CT molecular complexity index is 1440. The van der Waals surface area contributed by atoms with Crippen molar-refractivity contribution in [2.24, 2.45) is 0 Å². The minimum Gasteiger partial charge on any atom is -0.352 e. The fraction of sp³-hybridized carbons (Fsp3) is 0.120. The molecule has 0 radical (unpaired) electrons. The van der Waals surface area contributed by atoms with Crippen LogP contribution in [0.3, 0.4) is 0 Å². The largest absolute Gasteiger partial charge is 0.352 e. The monoisotopic (exact) mass is 528 g/mol. The molecule has 0 saturated heterocycles. The van der Waals surface area contributed by atoms with Crippen LogP contribution in [0.4, 0.5) is 11.4 Å². The third-order valence-electron chi connectivity index (χ3n) is 5.28. The van der Waals surface area contributed by atoms with Crippen molar-refractivity contribution in [2.75, 3.05) is 22.4 Å². The van der Waals surface area contributed by atoms with Gasteiger partial charge in [0.1, 0.15) is 0 Å². The number of amides is 1. The number of benzene rings is 2. The number of pyridine rings is 1. The topological polar surface area (TPSA) is 84.3 Å². The summed E-state index contributed by atoms with van der Waals surface area (Å²) in [4.78, 5) is 17.3. The summed E-state index contributed by atoms with van der Waals surface area (Å²) in [5, 5.41) is 3.45. The van der Waals surface area contributed by atoms with E-state index in [9.17, 15) is 13.2 Å². The number of aromatic nitrogens is 2. The molecule has 180 valence electrons. The number of rotatable bonds is 8. The molecule has 35 heavy (non-hydrogen) atoms. The van der Waals surface area contributed by atoms with E-state index in [0.717, 1.165) is 6.26 Å². The van der Waals surface area contributed by atoms with Crippen LogP contribution in [0.2, 0.25) is 10.0 Å². The molecule has 0 unspecified atom stereocenters. The maximum absolute atomic E-state index is 12.9. The van der Waals surface area contributed by atoms with E-state index >= 15 is 0 Å². The molecule has 0 spiro atoms. The molecule has 4 aromatic rings. The van der Waals surface area contributed by atoms with Gasteiger partial charge in [-0.2, -0.15) is 0 Å². The van der Waals surface area contributed by atoms with E-state index in [1.165, 1.54) is 16.4 Å². The van der Waals surface area contributed by atoms with Crippen LogP contribution in [0.1, 0.15) is 10.4 Å². The van der Waals surface area contributed by atoms with Crippen LogP contribution in [0.15, 0.2) is 85.3 Å². The van der Waals surface area contributed by atoms with E-state index < -0.39 is 15.9 Å². The van der Waals surface area contributed by atoms with Gasteiger partial charge in [-0.05, 0) is 60.7 Å². The van der Waals surface area contributed by atoms with Gasteiger partial charge < -0.3 is 9.88 Å². The number of hydrogen-bond acceptors (Lipinski definition) is 4. The minimum absolute atomic E-state index is 0.133. The standard InChI is InChI=1S/C25H22Cl2N4O3S/c1-35(33,34)31(15-14-30-12-4-5-13-30)19-8-9-20(23(27)17-19)25(32)29-18-7-10-22(26)21(16-18)24-6-2-3-11-28-24/h2-13,16-17H,14-15H2,1H3,(H,29,32). The van der Waals surface area contributed by atoms with Crippen LogP contribution in [-0.2, 0) is 16.6 Å². The molecule has 4 rings (SSSR count). The van der Waals surface area contributed by atoms with Gasteiger partial charge >= 0.3 is 0 Å². The summed E-state index contributed by atoms with van der Waals surface area (Å²) < 4.78 is 28.0. The third kappa shape index (κ3) is 6.03. The van der Waals surface area contributed by atoms with E-state index in [-0.39, 0.29) is 17.1 Å². The van der Waals surface area contributed by atoms with Crippen molar-refractivity contribution in [3.8, 4) is 11.3 Å². The molecule has 2 heterocycles. The second-order valence-electron chi connectivity index (χ2n) is 7.78. The van der Waals surface area contributed by atoms with E-state index in [1.807, 2.05) is 41.2 Å². The van der Waals surface area contributed by atoms with Crippen molar-refractivity contribution in [1.29, 1.82) is 0 Å². The van der Waals surface area contributed by atoms with Gasteiger partial charge in [-0.1, -0.05) is 29.3 Å². The first-order valence-corrected chi connectivity index (χ1v) is 13.2. The number of nitrogens with zero attached hydrogens (tertiary/aromatic N) is 3. The summed E-state index contributed by atoms with van der Waals surface area (Å²) in [7, 11) is -3.56. The molecule has 0 aliphatic heterocycles. The molecule has 0 bridgehead atoms. The van der Waals surface area contributed by atoms with Gasteiger partial charge in [0.05, 0.1) is 39.8 Å². The molecule has 0 fully saturated rings. The van der Waals surface area contributed by atoms with Crippen LogP contribution in [-0.4, -0.2) is 36.7 Å². The summed E-state index contributed by atoms with van der Waals surface area (Å²) in [6, 6.07) is 18.9. The first-order chi connectivity index (χ1) is 16.7. The fourth-order valence-electron chi connectivity index (χ4n) is 3.58. The number of carbonyl (C=O) groups excluding carboxylic acids is 1. The third-order valence-corrected chi connectivity index (χ3v) is 7.11. The number of hydrogen-bond donors (Lipinski definition) is 1. The van der Waals surface area contributed by atoms with Gasteiger partial charge in [-0.15, -0.1) is 0 Å². The molecular formula is C25H22Cl2N4O3S. The molecule has 0 aliphatic rings. The quantitative estimate of drug-likeness (QED) is 0.323. The van der Waals surface area contributed by atoms with Crippen molar-refractivity contribution in [3.05, 3.63) is 101 Å². The number of sulfonamides is 1. The zero-order valence-electron chi connectivity index (χ0n) is 18.7. The second kappa shape index (κ2) is 10.5. The highest BCUT2D eigenvalue weighted by Crippen LogP contribution is 2.30. The lowest BCUT2D eigenvalue weighted by Crippen LogP contribution is -2.33. The Morgan fingerprint density at radius 2 is 1.77 bits per heavy atom. The highest BCUT2D eigenvalue weighted by Gasteiger charge is 2.20. The Balaban J connectivity index is 1.54. The zero-order chi connectivity index (χ0) is 25.0. The molecule has 7 nitrogen and oxygen atoms in total. The molecule has 0 saturated carbocycles. The highest BCUT2D eigenvalue weighted by atomic mass is 35.5.